The summed E-state index contributed by atoms with van der Waals surface area (Å²) in [6.07, 6.45) is 1.79. The second kappa shape index (κ2) is 7.96. The van der Waals surface area contributed by atoms with Gasteiger partial charge in [-0.15, -0.1) is 0 Å². The molecule has 1 amide bonds. The number of carbonyl (C=O) groups is 1. The molecule has 1 aromatic rings. The van der Waals surface area contributed by atoms with Crippen LogP contribution in [0.2, 0.25) is 0 Å². The highest BCUT2D eigenvalue weighted by molar-refractivity contribution is 5.82. The average Bonchev–Trinajstić information content (AvgIpc) is 2.67. The zero-order valence-corrected chi connectivity index (χ0v) is 14.2. The maximum atomic E-state index is 12.4. The summed E-state index contributed by atoms with van der Waals surface area (Å²) >= 11 is 0. The molecule has 6 heteroatoms. The SMILES string of the molecule is COc1ccc(C2(CNC(=O)C3COCCN3)CCOCC2)cc1. The van der Waals surface area contributed by atoms with E-state index in [0.29, 0.717) is 33.0 Å². The maximum absolute atomic E-state index is 12.4. The fourth-order valence-corrected chi connectivity index (χ4v) is 3.39. The van der Waals surface area contributed by atoms with E-state index in [0.717, 1.165) is 25.1 Å². The molecular formula is C18H26N2O4. The Morgan fingerprint density at radius 3 is 2.62 bits per heavy atom. The number of hydrogen-bond donors (Lipinski definition) is 2. The summed E-state index contributed by atoms with van der Waals surface area (Å²) in [7, 11) is 1.67. The summed E-state index contributed by atoms with van der Waals surface area (Å²) in [5.41, 5.74) is 1.13. The van der Waals surface area contributed by atoms with Crippen LogP contribution in [-0.4, -0.2) is 58.6 Å². The van der Waals surface area contributed by atoms with E-state index in [1.54, 1.807) is 7.11 Å². The second-order valence-electron chi connectivity index (χ2n) is 6.42. The Hall–Kier alpha value is -1.63. The monoisotopic (exact) mass is 334 g/mol. The van der Waals surface area contributed by atoms with Gasteiger partial charge in [0.25, 0.3) is 0 Å². The lowest BCUT2D eigenvalue weighted by molar-refractivity contribution is -0.126. The fraction of sp³-hybridized carbons (Fsp3) is 0.611. The number of carbonyl (C=O) groups excluding carboxylic acids is 1. The highest BCUT2D eigenvalue weighted by Gasteiger charge is 2.35. The van der Waals surface area contributed by atoms with Crippen molar-refractivity contribution in [3.63, 3.8) is 0 Å². The lowest BCUT2D eigenvalue weighted by Gasteiger charge is -2.38. The average molecular weight is 334 g/mol. The van der Waals surface area contributed by atoms with E-state index in [-0.39, 0.29) is 17.4 Å². The molecule has 0 bridgehead atoms. The summed E-state index contributed by atoms with van der Waals surface area (Å²) in [5.74, 6) is 0.850. The molecular weight excluding hydrogens is 308 g/mol. The lowest BCUT2D eigenvalue weighted by Crippen LogP contribution is -2.54. The van der Waals surface area contributed by atoms with Crippen LogP contribution in [0.15, 0.2) is 24.3 Å². The first-order valence-corrected chi connectivity index (χ1v) is 8.55. The van der Waals surface area contributed by atoms with Crippen molar-refractivity contribution in [3.05, 3.63) is 29.8 Å². The largest absolute Gasteiger partial charge is 0.497 e. The molecule has 24 heavy (non-hydrogen) atoms. The molecule has 0 aliphatic carbocycles. The van der Waals surface area contributed by atoms with E-state index in [9.17, 15) is 4.79 Å². The van der Waals surface area contributed by atoms with Crippen molar-refractivity contribution >= 4 is 5.91 Å². The first-order valence-electron chi connectivity index (χ1n) is 8.55. The third-order valence-corrected chi connectivity index (χ3v) is 4.99. The molecule has 2 fully saturated rings. The fourth-order valence-electron chi connectivity index (χ4n) is 3.39. The van der Waals surface area contributed by atoms with Crippen LogP contribution >= 0.6 is 0 Å². The quantitative estimate of drug-likeness (QED) is 0.835. The summed E-state index contributed by atoms with van der Waals surface area (Å²) in [6, 6.07) is 7.89. The highest BCUT2D eigenvalue weighted by atomic mass is 16.5. The van der Waals surface area contributed by atoms with Gasteiger partial charge in [-0.3, -0.25) is 4.79 Å². The number of amides is 1. The number of nitrogens with one attached hydrogen (secondary N) is 2. The molecule has 0 saturated carbocycles. The summed E-state index contributed by atoms with van der Waals surface area (Å²) < 4.78 is 16.2. The van der Waals surface area contributed by atoms with Crippen molar-refractivity contribution in [2.45, 2.75) is 24.3 Å². The minimum Gasteiger partial charge on any atom is -0.497 e. The number of rotatable bonds is 5. The molecule has 2 saturated heterocycles. The van der Waals surface area contributed by atoms with Gasteiger partial charge in [-0.1, -0.05) is 12.1 Å². The number of benzene rings is 1. The topological polar surface area (TPSA) is 68.8 Å². The number of methoxy groups -OCH3 is 1. The Kier molecular flexibility index (Phi) is 5.71. The molecule has 2 aliphatic rings. The third-order valence-electron chi connectivity index (χ3n) is 4.99. The molecule has 132 valence electrons. The summed E-state index contributed by atoms with van der Waals surface area (Å²) in [6.45, 7) is 3.86. The molecule has 0 spiro atoms. The van der Waals surface area contributed by atoms with Gasteiger partial charge in [-0.05, 0) is 30.5 Å². The van der Waals surface area contributed by atoms with E-state index < -0.39 is 0 Å². The molecule has 6 nitrogen and oxygen atoms in total. The molecule has 2 aliphatic heterocycles. The van der Waals surface area contributed by atoms with Crippen molar-refractivity contribution in [2.24, 2.45) is 0 Å². The standard InChI is InChI=1S/C18H26N2O4/c1-22-15-4-2-14(3-5-15)18(6-9-23-10-7-18)13-20-17(21)16-12-24-11-8-19-16/h2-5,16,19H,6-13H2,1H3,(H,20,21). The van der Waals surface area contributed by atoms with Gasteiger partial charge in [0.05, 0.1) is 20.3 Å². The van der Waals surface area contributed by atoms with Gasteiger partial charge < -0.3 is 24.8 Å². The highest BCUT2D eigenvalue weighted by Crippen LogP contribution is 2.35. The minimum absolute atomic E-state index is 0.00841. The summed E-state index contributed by atoms with van der Waals surface area (Å²) in [4.78, 5) is 12.4. The van der Waals surface area contributed by atoms with Crippen LogP contribution in [-0.2, 0) is 19.7 Å². The number of ether oxygens (including phenoxy) is 3. The van der Waals surface area contributed by atoms with Crippen LogP contribution in [0.4, 0.5) is 0 Å². The molecule has 1 aromatic carbocycles. The normalized spacial score (nSPS) is 23.5. The van der Waals surface area contributed by atoms with Crippen molar-refractivity contribution in [1.29, 1.82) is 0 Å². The van der Waals surface area contributed by atoms with Crippen molar-refractivity contribution in [1.82, 2.24) is 10.6 Å². The van der Waals surface area contributed by atoms with Crippen LogP contribution in [0, 0.1) is 0 Å². The number of hydrogen-bond acceptors (Lipinski definition) is 5. The molecule has 0 aromatic heterocycles. The smallest absolute Gasteiger partial charge is 0.239 e. The Labute approximate surface area is 142 Å². The Morgan fingerprint density at radius 1 is 1.25 bits per heavy atom. The minimum atomic E-state index is -0.258. The first kappa shape index (κ1) is 17.2. The van der Waals surface area contributed by atoms with Crippen LogP contribution in [0.5, 0.6) is 5.75 Å². The van der Waals surface area contributed by atoms with E-state index in [2.05, 4.69) is 22.8 Å². The van der Waals surface area contributed by atoms with E-state index >= 15 is 0 Å². The summed E-state index contributed by atoms with van der Waals surface area (Å²) in [5, 5.41) is 6.32. The van der Waals surface area contributed by atoms with Crippen molar-refractivity contribution in [2.75, 3.05) is 46.6 Å². The van der Waals surface area contributed by atoms with Gasteiger partial charge in [0.15, 0.2) is 0 Å². The molecule has 2 N–H and O–H groups in total. The Balaban J connectivity index is 1.69. The van der Waals surface area contributed by atoms with Gasteiger partial charge in [-0.25, -0.2) is 0 Å². The third kappa shape index (κ3) is 3.88. The van der Waals surface area contributed by atoms with Crippen LogP contribution < -0.4 is 15.4 Å². The van der Waals surface area contributed by atoms with Crippen molar-refractivity contribution < 1.29 is 19.0 Å². The predicted octanol–water partition coefficient (Wildman–Crippen LogP) is 0.848. The zero-order chi connectivity index (χ0) is 16.8. The lowest BCUT2D eigenvalue weighted by atomic mass is 9.74. The zero-order valence-electron chi connectivity index (χ0n) is 14.2. The van der Waals surface area contributed by atoms with E-state index in [4.69, 9.17) is 14.2 Å². The Morgan fingerprint density at radius 2 is 2.00 bits per heavy atom. The van der Waals surface area contributed by atoms with Gasteiger partial charge in [0.2, 0.25) is 5.91 Å². The molecule has 3 rings (SSSR count). The first-order chi connectivity index (χ1) is 11.7. The Bertz CT molecular complexity index is 534. The van der Waals surface area contributed by atoms with E-state index in [1.807, 2.05) is 12.1 Å². The van der Waals surface area contributed by atoms with Crippen LogP contribution in [0.3, 0.4) is 0 Å². The molecule has 1 unspecified atom stereocenters. The number of morpholine rings is 1. The predicted molar refractivity (Wildman–Crippen MR) is 90.3 cm³/mol. The van der Waals surface area contributed by atoms with E-state index in [1.165, 1.54) is 5.56 Å². The van der Waals surface area contributed by atoms with Crippen LogP contribution in [0.1, 0.15) is 18.4 Å². The molecule has 2 heterocycles. The van der Waals surface area contributed by atoms with Gasteiger partial charge >= 0.3 is 0 Å². The van der Waals surface area contributed by atoms with Crippen LogP contribution in [0.25, 0.3) is 0 Å². The van der Waals surface area contributed by atoms with Gasteiger partial charge in [0.1, 0.15) is 11.8 Å². The van der Waals surface area contributed by atoms with Crippen molar-refractivity contribution in [3.8, 4) is 5.75 Å². The molecule has 1 atom stereocenters. The maximum Gasteiger partial charge on any atom is 0.239 e. The van der Waals surface area contributed by atoms with Gasteiger partial charge in [0, 0.05) is 31.7 Å². The van der Waals surface area contributed by atoms with Gasteiger partial charge in [-0.2, -0.15) is 0 Å². The second-order valence-corrected chi connectivity index (χ2v) is 6.42. The molecule has 0 radical (unpaired) electrons.